The molecule has 1 N–H and O–H groups in total. The van der Waals surface area contributed by atoms with Crippen LogP contribution >= 0.6 is 0 Å². The number of hydrogen-bond acceptors (Lipinski definition) is 6. The third-order valence-corrected chi connectivity index (χ3v) is 3.89. The van der Waals surface area contributed by atoms with Crippen molar-refractivity contribution in [1.29, 1.82) is 0 Å². The van der Waals surface area contributed by atoms with Gasteiger partial charge in [0.25, 0.3) is 5.91 Å². The molecule has 2 aromatic heterocycles. The van der Waals surface area contributed by atoms with Gasteiger partial charge >= 0.3 is 0 Å². The predicted octanol–water partition coefficient (Wildman–Crippen LogP) is 2.23. The molecule has 0 spiro atoms. The average Bonchev–Trinajstić information content (AvgIpc) is 3.09. The standard InChI is InChI=1S/C18H23N5O2/c1-13(2)12-25-17-10-19-9-16(22-17)21-14-6-8-23(11-14)18(24)15-5-3-4-7-20-15/h3-5,7,9-10,13-14H,6,8,11-12H2,1-2H3,(H,21,22). The van der Waals surface area contributed by atoms with E-state index in [1.165, 1.54) is 0 Å². The van der Waals surface area contributed by atoms with Crippen LogP contribution in [0.5, 0.6) is 5.88 Å². The maximum atomic E-state index is 12.4. The molecule has 7 nitrogen and oxygen atoms in total. The SMILES string of the molecule is CC(C)COc1cncc(NC2CCN(C(=O)c3ccccn3)C2)n1. The molecule has 1 saturated heterocycles. The minimum atomic E-state index is -0.0370. The second-order valence-electron chi connectivity index (χ2n) is 6.54. The zero-order valence-electron chi connectivity index (χ0n) is 14.6. The minimum Gasteiger partial charge on any atom is -0.476 e. The lowest BCUT2D eigenvalue weighted by Crippen LogP contribution is -2.32. The van der Waals surface area contributed by atoms with Gasteiger partial charge in [0.05, 0.1) is 19.0 Å². The summed E-state index contributed by atoms with van der Waals surface area (Å²) in [7, 11) is 0. The molecule has 3 rings (SSSR count). The van der Waals surface area contributed by atoms with Crippen molar-refractivity contribution in [3.63, 3.8) is 0 Å². The maximum Gasteiger partial charge on any atom is 0.272 e. The molecule has 1 aliphatic rings. The Morgan fingerprint density at radius 3 is 3.04 bits per heavy atom. The molecule has 7 heteroatoms. The quantitative estimate of drug-likeness (QED) is 0.868. The predicted molar refractivity (Wildman–Crippen MR) is 94.5 cm³/mol. The van der Waals surface area contributed by atoms with Gasteiger partial charge in [-0.15, -0.1) is 0 Å². The first-order valence-electron chi connectivity index (χ1n) is 8.53. The number of amides is 1. The summed E-state index contributed by atoms with van der Waals surface area (Å²) in [5, 5.41) is 3.34. The Bertz CT molecular complexity index is 708. The normalized spacial score (nSPS) is 16.9. The Hall–Kier alpha value is -2.70. The molecule has 1 atom stereocenters. The van der Waals surface area contributed by atoms with Gasteiger partial charge in [0.15, 0.2) is 0 Å². The molecule has 2 aromatic rings. The zero-order chi connectivity index (χ0) is 17.6. The first kappa shape index (κ1) is 17.1. The Morgan fingerprint density at radius 2 is 2.28 bits per heavy atom. The van der Waals surface area contributed by atoms with E-state index in [1.54, 1.807) is 30.7 Å². The lowest BCUT2D eigenvalue weighted by Gasteiger charge is -2.17. The van der Waals surface area contributed by atoms with Gasteiger partial charge in [-0.3, -0.25) is 14.8 Å². The molecule has 0 aliphatic carbocycles. The largest absolute Gasteiger partial charge is 0.476 e. The Kier molecular flexibility index (Phi) is 5.42. The molecule has 1 amide bonds. The smallest absolute Gasteiger partial charge is 0.272 e. The second-order valence-corrected chi connectivity index (χ2v) is 6.54. The van der Waals surface area contributed by atoms with Gasteiger partial charge in [-0.1, -0.05) is 19.9 Å². The van der Waals surface area contributed by atoms with E-state index in [1.807, 2.05) is 11.0 Å². The molecule has 0 aromatic carbocycles. The number of ether oxygens (including phenoxy) is 1. The van der Waals surface area contributed by atoms with Crippen molar-refractivity contribution < 1.29 is 9.53 Å². The van der Waals surface area contributed by atoms with Gasteiger partial charge in [0.1, 0.15) is 11.5 Å². The van der Waals surface area contributed by atoms with Crippen molar-refractivity contribution in [1.82, 2.24) is 19.9 Å². The van der Waals surface area contributed by atoms with Gasteiger partial charge in [0, 0.05) is 25.3 Å². The molecule has 1 fully saturated rings. The van der Waals surface area contributed by atoms with Crippen molar-refractivity contribution in [3.8, 4) is 5.88 Å². The number of hydrogen-bond donors (Lipinski definition) is 1. The van der Waals surface area contributed by atoms with Gasteiger partial charge < -0.3 is 15.0 Å². The summed E-state index contributed by atoms with van der Waals surface area (Å²) in [4.78, 5) is 27.0. The number of anilines is 1. The van der Waals surface area contributed by atoms with Crippen molar-refractivity contribution in [2.75, 3.05) is 25.0 Å². The lowest BCUT2D eigenvalue weighted by atomic mass is 10.2. The van der Waals surface area contributed by atoms with Crippen LogP contribution in [0, 0.1) is 5.92 Å². The monoisotopic (exact) mass is 341 g/mol. The fourth-order valence-electron chi connectivity index (χ4n) is 2.66. The summed E-state index contributed by atoms with van der Waals surface area (Å²) >= 11 is 0. The van der Waals surface area contributed by atoms with Gasteiger partial charge in [0.2, 0.25) is 5.88 Å². The number of rotatable bonds is 6. The van der Waals surface area contributed by atoms with Crippen LogP contribution in [0.25, 0.3) is 0 Å². The molecule has 132 valence electrons. The molecule has 25 heavy (non-hydrogen) atoms. The number of carbonyl (C=O) groups is 1. The highest BCUT2D eigenvalue weighted by Crippen LogP contribution is 2.17. The fraction of sp³-hybridized carbons (Fsp3) is 0.444. The lowest BCUT2D eigenvalue weighted by molar-refractivity contribution is 0.0786. The van der Waals surface area contributed by atoms with Crippen LogP contribution in [-0.4, -0.2) is 51.5 Å². The first-order valence-corrected chi connectivity index (χ1v) is 8.53. The van der Waals surface area contributed by atoms with Crippen LogP contribution in [0.15, 0.2) is 36.8 Å². The fourth-order valence-corrected chi connectivity index (χ4v) is 2.66. The van der Waals surface area contributed by atoms with E-state index in [2.05, 4.69) is 34.1 Å². The highest BCUT2D eigenvalue weighted by atomic mass is 16.5. The van der Waals surface area contributed by atoms with Gasteiger partial charge in [-0.05, 0) is 24.5 Å². The third-order valence-electron chi connectivity index (χ3n) is 3.89. The third kappa shape index (κ3) is 4.65. The Morgan fingerprint density at radius 1 is 1.40 bits per heavy atom. The molecular weight excluding hydrogens is 318 g/mol. The molecular formula is C18H23N5O2. The van der Waals surface area contributed by atoms with E-state index in [0.717, 1.165) is 6.42 Å². The molecule has 0 saturated carbocycles. The molecule has 0 radical (unpaired) electrons. The summed E-state index contributed by atoms with van der Waals surface area (Å²) in [5.41, 5.74) is 0.479. The average molecular weight is 341 g/mol. The van der Waals surface area contributed by atoms with Crippen LogP contribution in [0.4, 0.5) is 5.82 Å². The number of likely N-dealkylation sites (tertiary alicyclic amines) is 1. The summed E-state index contributed by atoms with van der Waals surface area (Å²) in [6.45, 7) is 6.09. The van der Waals surface area contributed by atoms with Crippen molar-refractivity contribution in [2.24, 2.45) is 5.92 Å². The number of nitrogens with one attached hydrogen (secondary N) is 1. The highest BCUT2D eigenvalue weighted by molar-refractivity contribution is 5.92. The first-order chi connectivity index (χ1) is 12.1. The Labute approximate surface area is 147 Å². The topological polar surface area (TPSA) is 80.2 Å². The van der Waals surface area contributed by atoms with Crippen molar-refractivity contribution >= 4 is 11.7 Å². The van der Waals surface area contributed by atoms with Crippen LogP contribution in [0.1, 0.15) is 30.8 Å². The number of carbonyl (C=O) groups excluding carboxylic acids is 1. The van der Waals surface area contributed by atoms with Crippen molar-refractivity contribution in [3.05, 3.63) is 42.5 Å². The maximum absolute atomic E-state index is 12.4. The molecule has 0 bridgehead atoms. The van der Waals surface area contributed by atoms with E-state index in [-0.39, 0.29) is 11.9 Å². The molecule has 1 unspecified atom stereocenters. The Balaban J connectivity index is 1.56. The van der Waals surface area contributed by atoms with Crippen molar-refractivity contribution in [2.45, 2.75) is 26.3 Å². The van der Waals surface area contributed by atoms with Crippen LogP contribution in [0.3, 0.4) is 0 Å². The van der Waals surface area contributed by atoms with E-state index < -0.39 is 0 Å². The number of nitrogens with zero attached hydrogens (tertiary/aromatic N) is 4. The molecule has 1 aliphatic heterocycles. The van der Waals surface area contributed by atoms with Crippen LogP contribution in [0.2, 0.25) is 0 Å². The van der Waals surface area contributed by atoms with E-state index in [4.69, 9.17) is 4.74 Å². The highest BCUT2D eigenvalue weighted by Gasteiger charge is 2.27. The summed E-state index contributed by atoms with van der Waals surface area (Å²) < 4.78 is 5.60. The number of aromatic nitrogens is 3. The zero-order valence-corrected chi connectivity index (χ0v) is 14.6. The van der Waals surface area contributed by atoms with Crippen LogP contribution < -0.4 is 10.1 Å². The second kappa shape index (κ2) is 7.92. The minimum absolute atomic E-state index is 0.0370. The molecule has 3 heterocycles. The summed E-state index contributed by atoms with van der Waals surface area (Å²) in [6.07, 6.45) is 5.78. The van der Waals surface area contributed by atoms with Gasteiger partial charge in [-0.25, -0.2) is 0 Å². The van der Waals surface area contributed by atoms with Gasteiger partial charge in [-0.2, -0.15) is 4.98 Å². The summed E-state index contributed by atoms with van der Waals surface area (Å²) in [5.74, 6) is 1.57. The van der Waals surface area contributed by atoms with E-state index >= 15 is 0 Å². The summed E-state index contributed by atoms with van der Waals surface area (Å²) in [6, 6.07) is 5.51. The number of pyridine rings is 1. The van der Waals surface area contributed by atoms with Crippen LogP contribution in [-0.2, 0) is 0 Å². The van der Waals surface area contributed by atoms with E-state index in [9.17, 15) is 4.79 Å². The van der Waals surface area contributed by atoms with E-state index in [0.29, 0.717) is 43.0 Å².